The molecule has 0 amide bonds. The molecule has 0 bridgehead atoms. The van der Waals surface area contributed by atoms with Gasteiger partial charge in [-0.3, -0.25) is 4.79 Å². The summed E-state index contributed by atoms with van der Waals surface area (Å²) in [7, 11) is 0. The standard InChI is InChI=1S/C9H12FNO2/c10-5-7(12)4-9(6-11)3-1-2-8(9)13/h7,12H,1-5H2. The first kappa shape index (κ1) is 10.1. The molecule has 72 valence electrons. The van der Waals surface area contributed by atoms with Crippen molar-refractivity contribution in [3.05, 3.63) is 0 Å². The molecule has 2 unspecified atom stereocenters. The zero-order valence-electron chi connectivity index (χ0n) is 7.29. The summed E-state index contributed by atoms with van der Waals surface area (Å²) < 4.78 is 12.0. The van der Waals surface area contributed by atoms with Gasteiger partial charge in [-0.1, -0.05) is 0 Å². The number of nitrogens with zero attached hydrogens (tertiary/aromatic N) is 1. The van der Waals surface area contributed by atoms with Crippen molar-refractivity contribution in [2.24, 2.45) is 5.41 Å². The van der Waals surface area contributed by atoms with E-state index < -0.39 is 18.2 Å². The fourth-order valence-electron chi connectivity index (χ4n) is 1.77. The molecule has 1 rings (SSSR count). The molecule has 4 heteroatoms. The minimum Gasteiger partial charge on any atom is -0.390 e. The Morgan fingerprint density at radius 1 is 1.77 bits per heavy atom. The predicted molar refractivity (Wildman–Crippen MR) is 43.5 cm³/mol. The topological polar surface area (TPSA) is 61.1 Å². The smallest absolute Gasteiger partial charge is 0.153 e. The van der Waals surface area contributed by atoms with E-state index in [-0.39, 0.29) is 12.2 Å². The quantitative estimate of drug-likeness (QED) is 0.712. The van der Waals surface area contributed by atoms with Crippen molar-refractivity contribution in [3.63, 3.8) is 0 Å². The molecule has 0 radical (unpaired) electrons. The average molecular weight is 185 g/mol. The molecule has 1 fully saturated rings. The van der Waals surface area contributed by atoms with Crippen LogP contribution >= 0.6 is 0 Å². The van der Waals surface area contributed by atoms with Crippen LogP contribution in [0.25, 0.3) is 0 Å². The highest BCUT2D eigenvalue weighted by Gasteiger charge is 2.43. The number of alkyl halides is 1. The number of ketones is 1. The van der Waals surface area contributed by atoms with Crippen molar-refractivity contribution in [2.75, 3.05) is 6.67 Å². The zero-order valence-corrected chi connectivity index (χ0v) is 7.29. The van der Waals surface area contributed by atoms with Gasteiger partial charge in [0, 0.05) is 12.8 Å². The lowest BCUT2D eigenvalue weighted by Gasteiger charge is -2.20. The van der Waals surface area contributed by atoms with E-state index in [1.165, 1.54) is 0 Å². The Balaban J connectivity index is 2.71. The van der Waals surface area contributed by atoms with Gasteiger partial charge in [-0.2, -0.15) is 5.26 Å². The summed E-state index contributed by atoms with van der Waals surface area (Å²) >= 11 is 0. The maximum Gasteiger partial charge on any atom is 0.153 e. The molecule has 1 aliphatic carbocycles. The van der Waals surface area contributed by atoms with Crippen LogP contribution in [0.3, 0.4) is 0 Å². The third-order valence-electron chi connectivity index (χ3n) is 2.52. The summed E-state index contributed by atoms with van der Waals surface area (Å²) in [6.45, 7) is -0.892. The Morgan fingerprint density at radius 3 is 2.85 bits per heavy atom. The summed E-state index contributed by atoms with van der Waals surface area (Å²) in [5, 5.41) is 17.9. The van der Waals surface area contributed by atoms with E-state index >= 15 is 0 Å². The van der Waals surface area contributed by atoms with Crippen LogP contribution in [0.2, 0.25) is 0 Å². The molecule has 0 saturated heterocycles. The molecule has 0 aliphatic heterocycles. The molecule has 0 heterocycles. The molecule has 0 aromatic carbocycles. The van der Waals surface area contributed by atoms with E-state index in [9.17, 15) is 9.18 Å². The van der Waals surface area contributed by atoms with Gasteiger partial charge >= 0.3 is 0 Å². The molecule has 1 saturated carbocycles. The Kier molecular flexibility index (Phi) is 2.99. The molecule has 1 aliphatic rings. The second-order valence-electron chi connectivity index (χ2n) is 3.48. The number of aliphatic hydroxyl groups is 1. The van der Waals surface area contributed by atoms with Crippen molar-refractivity contribution < 1.29 is 14.3 Å². The van der Waals surface area contributed by atoms with E-state index in [4.69, 9.17) is 10.4 Å². The molecule has 0 aromatic heterocycles. The first-order valence-electron chi connectivity index (χ1n) is 4.33. The summed E-state index contributed by atoms with van der Waals surface area (Å²) in [5.41, 5.74) is -1.11. The van der Waals surface area contributed by atoms with Crippen molar-refractivity contribution in [1.29, 1.82) is 5.26 Å². The lowest BCUT2D eigenvalue weighted by atomic mass is 9.81. The number of halogens is 1. The molecule has 0 aromatic rings. The SMILES string of the molecule is N#CC1(CC(O)CF)CCCC1=O. The molecule has 1 N–H and O–H groups in total. The molecular formula is C9H12FNO2. The highest BCUT2D eigenvalue weighted by Crippen LogP contribution is 2.38. The number of rotatable bonds is 3. The van der Waals surface area contributed by atoms with Crippen LogP contribution in [-0.4, -0.2) is 23.7 Å². The minimum atomic E-state index is -1.18. The Labute approximate surface area is 76.2 Å². The second-order valence-corrected chi connectivity index (χ2v) is 3.48. The van der Waals surface area contributed by atoms with Crippen molar-refractivity contribution in [1.82, 2.24) is 0 Å². The summed E-state index contributed by atoms with van der Waals surface area (Å²) in [6.07, 6.45) is 0.276. The van der Waals surface area contributed by atoms with Gasteiger partial charge in [0.1, 0.15) is 12.1 Å². The van der Waals surface area contributed by atoms with Crippen LogP contribution < -0.4 is 0 Å². The molecule has 2 atom stereocenters. The van der Waals surface area contributed by atoms with Gasteiger partial charge in [0.05, 0.1) is 12.2 Å². The van der Waals surface area contributed by atoms with E-state index in [1.54, 1.807) is 0 Å². The summed E-state index contributed by atoms with van der Waals surface area (Å²) in [4.78, 5) is 11.3. The number of carbonyl (C=O) groups is 1. The van der Waals surface area contributed by atoms with Crippen LogP contribution in [0.5, 0.6) is 0 Å². The fraction of sp³-hybridized carbons (Fsp3) is 0.778. The molecular weight excluding hydrogens is 173 g/mol. The normalized spacial score (nSPS) is 30.1. The highest BCUT2D eigenvalue weighted by atomic mass is 19.1. The Morgan fingerprint density at radius 2 is 2.46 bits per heavy atom. The van der Waals surface area contributed by atoms with Crippen LogP contribution in [0.15, 0.2) is 0 Å². The van der Waals surface area contributed by atoms with E-state index in [0.29, 0.717) is 19.3 Å². The van der Waals surface area contributed by atoms with Gasteiger partial charge in [0.15, 0.2) is 5.78 Å². The lowest BCUT2D eigenvalue weighted by Crippen LogP contribution is -2.30. The lowest BCUT2D eigenvalue weighted by molar-refractivity contribution is -0.124. The monoisotopic (exact) mass is 185 g/mol. The van der Waals surface area contributed by atoms with Crippen LogP contribution in [0.1, 0.15) is 25.7 Å². The van der Waals surface area contributed by atoms with Gasteiger partial charge in [-0.15, -0.1) is 0 Å². The molecule has 0 spiro atoms. The number of aliphatic hydroxyl groups excluding tert-OH is 1. The predicted octanol–water partition coefficient (Wildman–Crippen LogP) is 0.970. The Hall–Kier alpha value is -0.950. The van der Waals surface area contributed by atoms with Crippen LogP contribution in [0, 0.1) is 16.7 Å². The number of hydrogen-bond donors (Lipinski definition) is 1. The molecule has 3 nitrogen and oxygen atoms in total. The minimum absolute atomic E-state index is 0.0567. The fourth-order valence-corrected chi connectivity index (χ4v) is 1.77. The number of nitriles is 1. The first-order chi connectivity index (χ1) is 6.14. The molecule has 13 heavy (non-hydrogen) atoms. The number of Topliss-reactive ketones (excluding diaryl/α,β-unsaturated/α-hetero) is 1. The third-order valence-corrected chi connectivity index (χ3v) is 2.52. The second kappa shape index (κ2) is 3.84. The number of carbonyl (C=O) groups excluding carboxylic acids is 1. The summed E-state index contributed by atoms with van der Waals surface area (Å²) in [5.74, 6) is -0.150. The van der Waals surface area contributed by atoms with Gasteiger partial charge in [-0.05, 0) is 12.8 Å². The Bertz CT molecular complexity index is 248. The van der Waals surface area contributed by atoms with Gasteiger partial charge < -0.3 is 5.11 Å². The van der Waals surface area contributed by atoms with Gasteiger partial charge in [0.25, 0.3) is 0 Å². The third kappa shape index (κ3) is 1.86. The maximum atomic E-state index is 12.0. The average Bonchev–Trinajstić information content (AvgIpc) is 2.48. The highest BCUT2D eigenvalue weighted by molar-refractivity contribution is 5.89. The largest absolute Gasteiger partial charge is 0.390 e. The van der Waals surface area contributed by atoms with Crippen molar-refractivity contribution in [2.45, 2.75) is 31.8 Å². The summed E-state index contributed by atoms with van der Waals surface area (Å²) in [6, 6.07) is 1.92. The van der Waals surface area contributed by atoms with Crippen molar-refractivity contribution >= 4 is 5.78 Å². The van der Waals surface area contributed by atoms with Gasteiger partial charge in [0.2, 0.25) is 0 Å². The first-order valence-corrected chi connectivity index (χ1v) is 4.33. The van der Waals surface area contributed by atoms with E-state index in [2.05, 4.69) is 0 Å². The number of hydrogen-bond acceptors (Lipinski definition) is 3. The maximum absolute atomic E-state index is 12.0. The van der Waals surface area contributed by atoms with Crippen molar-refractivity contribution in [3.8, 4) is 6.07 Å². The zero-order chi connectivity index (χ0) is 9.90. The van der Waals surface area contributed by atoms with E-state index in [1.807, 2.05) is 6.07 Å². The van der Waals surface area contributed by atoms with E-state index in [0.717, 1.165) is 0 Å². The van der Waals surface area contributed by atoms with Gasteiger partial charge in [-0.25, -0.2) is 4.39 Å². The van der Waals surface area contributed by atoms with Crippen LogP contribution in [-0.2, 0) is 4.79 Å². The van der Waals surface area contributed by atoms with Crippen LogP contribution in [0.4, 0.5) is 4.39 Å².